The van der Waals surface area contributed by atoms with Gasteiger partial charge in [-0.15, -0.1) is 0 Å². The highest BCUT2D eigenvalue weighted by atomic mass is 16.3. The van der Waals surface area contributed by atoms with Gasteiger partial charge in [0.25, 0.3) is 0 Å². The molecule has 35 heavy (non-hydrogen) atoms. The molecule has 180 valence electrons. The monoisotopic (exact) mass is 469 g/mol. The summed E-state index contributed by atoms with van der Waals surface area (Å²) in [6, 6.07) is 15.6. The molecule has 1 atom stereocenters. The molecule has 0 saturated carbocycles. The number of carbonyl (C=O) groups excluding carboxylic acids is 1. The van der Waals surface area contributed by atoms with E-state index in [1.165, 1.54) is 13.1 Å². The fraction of sp³-hybridized carbons (Fsp3) is 0.179. The van der Waals surface area contributed by atoms with E-state index in [4.69, 9.17) is 4.99 Å². The summed E-state index contributed by atoms with van der Waals surface area (Å²) in [4.78, 5) is 22.8. The van der Waals surface area contributed by atoms with Gasteiger partial charge in [0.05, 0.1) is 17.5 Å². The van der Waals surface area contributed by atoms with Gasteiger partial charge in [-0.05, 0) is 68.2 Å². The number of amides is 1. The van der Waals surface area contributed by atoms with E-state index in [1.807, 2.05) is 66.8 Å². The minimum absolute atomic E-state index is 0.263. The van der Waals surface area contributed by atoms with E-state index in [0.717, 1.165) is 46.8 Å². The molecule has 1 unspecified atom stereocenters. The number of aliphatic imine (C=N–C) groups is 2. The Morgan fingerprint density at radius 1 is 1.23 bits per heavy atom. The molecule has 1 aliphatic heterocycles. The lowest BCUT2D eigenvalue weighted by molar-refractivity contribution is -0.111. The van der Waals surface area contributed by atoms with Crippen molar-refractivity contribution in [1.82, 2.24) is 0 Å². The maximum Gasteiger partial charge on any atom is 0.247 e. The van der Waals surface area contributed by atoms with Crippen LogP contribution >= 0.6 is 0 Å². The van der Waals surface area contributed by atoms with Crippen LogP contribution in [0.5, 0.6) is 0 Å². The molecule has 1 heterocycles. The van der Waals surface area contributed by atoms with Crippen molar-refractivity contribution in [2.24, 2.45) is 15.7 Å². The number of hydrogen-bond acceptors (Lipinski definition) is 6. The van der Waals surface area contributed by atoms with Crippen molar-refractivity contribution in [2.45, 2.75) is 12.5 Å². The number of allylic oxidation sites excluding steroid dienone is 5. The zero-order valence-electron chi connectivity index (χ0n) is 19.9. The van der Waals surface area contributed by atoms with Crippen LogP contribution in [0.25, 0.3) is 5.57 Å². The van der Waals surface area contributed by atoms with Crippen LogP contribution in [0.2, 0.25) is 0 Å². The zero-order valence-corrected chi connectivity index (χ0v) is 19.9. The standard InChI is InChI=1S/C27H26N4O2.CH5N/c1-3-26(33)29-22-8-4-6-19(16-22)25-9-5-7-20(17-28-2)27(25)30-21-10-12-23(13-11-21)31-15-14-24(32)18-31;1-2/h3-13,16-17,24,32H,1-2,14-15,18H2,(H,29,33);2H2,1H3/b20-17-,30-27?;. The van der Waals surface area contributed by atoms with Crippen LogP contribution in [-0.2, 0) is 4.79 Å². The Balaban J connectivity index is 0.00000167. The normalized spacial score (nSPS) is 19.1. The highest BCUT2D eigenvalue weighted by Gasteiger charge is 2.20. The van der Waals surface area contributed by atoms with Crippen LogP contribution in [-0.4, -0.2) is 49.7 Å². The summed E-state index contributed by atoms with van der Waals surface area (Å²) >= 11 is 0. The van der Waals surface area contributed by atoms with Gasteiger partial charge in [-0.1, -0.05) is 36.9 Å². The number of nitrogens with zero attached hydrogens (tertiary/aromatic N) is 3. The molecule has 1 aliphatic carbocycles. The summed E-state index contributed by atoms with van der Waals surface area (Å²) in [5.74, 6) is -0.263. The molecule has 7 heteroatoms. The van der Waals surface area contributed by atoms with Gasteiger partial charge in [0, 0.05) is 41.8 Å². The number of anilines is 2. The lowest BCUT2D eigenvalue weighted by Crippen LogP contribution is -2.20. The van der Waals surface area contributed by atoms with Gasteiger partial charge in [0.15, 0.2) is 0 Å². The summed E-state index contributed by atoms with van der Waals surface area (Å²) in [6.45, 7) is 8.60. The molecule has 1 saturated heterocycles. The first kappa shape index (κ1) is 25.6. The predicted molar refractivity (Wildman–Crippen MR) is 147 cm³/mol. The van der Waals surface area contributed by atoms with Crippen molar-refractivity contribution >= 4 is 41.0 Å². The lowest BCUT2D eigenvalue weighted by atomic mass is 9.91. The van der Waals surface area contributed by atoms with Crippen molar-refractivity contribution < 1.29 is 9.90 Å². The van der Waals surface area contributed by atoms with Gasteiger partial charge in [-0.2, -0.15) is 0 Å². The number of aliphatic hydroxyl groups excluding tert-OH is 1. The number of aliphatic hydroxyl groups is 1. The Bertz CT molecular complexity index is 1190. The number of β-amino-alcohol motifs (C(OH)–C–C–N with tert-alkyl or cyclic N) is 1. The molecule has 1 amide bonds. The number of carbonyl (C=O) groups is 1. The second kappa shape index (κ2) is 12.4. The summed E-state index contributed by atoms with van der Waals surface area (Å²) in [7, 11) is 1.50. The maximum atomic E-state index is 11.7. The first-order valence-electron chi connectivity index (χ1n) is 11.4. The lowest BCUT2D eigenvalue weighted by Gasteiger charge is -2.18. The van der Waals surface area contributed by atoms with Gasteiger partial charge >= 0.3 is 0 Å². The summed E-state index contributed by atoms with van der Waals surface area (Å²) < 4.78 is 0. The van der Waals surface area contributed by atoms with Gasteiger partial charge in [0.2, 0.25) is 5.91 Å². The zero-order chi connectivity index (χ0) is 25.2. The van der Waals surface area contributed by atoms with Crippen molar-refractivity contribution in [1.29, 1.82) is 0 Å². The van der Waals surface area contributed by atoms with E-state index in [-0.39, 0.29) is 12.0 Å². The average molecular weight is 470 g/mol. The number of nitrogens with two attached hydrogens (primary N) is 1. The van der Waals surface area contributed by atoms with Crippen molar-refractivity contribution in [2.75, 3.05) is 30.4 Å². The number of nitrogens with one attached hydrogen (secondary N) is 1. The van der Waals surface area contributed by atoms with E-state index in [1.54, 1.807) is 6.20 Å². The quantitative estimate of drug-likeness (QED) is 0.434. The van der Waals surface area contributed by atoms with Crippen LogP contribution in [0.1, 0.15) is 12.0 Å². The Hall–Kier alpha value is -4.07. The molecule has 0 spiro atoms. The minimum atomic E-state index is -0.266. The van der Waals surface area contributed by atoms with Crippen molar-refractivity contribution in [3.05, 3.63) is 96.8 Å². The average Bonchev–Trinajstić information content (AvgIpc) is 3.33. The van der Waals surface area contributed by atoms with E-state index < -0.39 is 0 Å². The van der Waals surface area contributed by atoms with E-state index in [9.17, 15) is 9.90 Å². The van der Waals surface area contributed by atoms with E-state index in [2.05, 4.69) is 34.2 Å². The predicted octanol–water partition coefficient (Wildman–Crippen LogP) is 4.27. The third kappa shape index (κ3) is 6.50. The number of rotatable bonds is 6. The third-order valence-corrected chi connectivity index (χ3v) is 5.54. The van der Waals surface area contributed by atoms with Crippen LogP contribution in [0, 0.1) is 0 Å². The SMILES string of the molecule is C=CC(=O)Nc1cccc(C2=CC=C/C(=C/N=C)C2=Nc2ccc(N3CCC(O)C3)cc2)c1.CN. The first-order valence-corrected chi connectivity index (χ1v) is 11.4. The fourth-order valence-corrected chi connectivity index (χ4v) is 3.92. The van der Waals surface area contributed by atoms with Crippen LogP contribution in [0.3, 0.4) is 0 Å². The van der Waals surface area contributed by atoms with E-state index in [0.29, 0.717) is 12.2 Å². The largest absolute Gasteiger partial charge is 0.391 e. The number of hydrogen-bond donors (Lipinski definition) is 3. The molecule has 4 rings (SSSR count). The molecule has 0 radical (unpaired) electrons. The van der Waals surface area contributed by atoms with Gasteiger partial charge in [-0.25, -0.2) is 4.99 Å². The molecule has 2 aliphatic rings. The van der Waals surface area contributed by atoms with Crippen molar-refractivity contribution in [3.63, 3.8) is 0 Å². The summed E-state index contributed by atoms with van der Waals surface area (Å²) in [5, 5.41) is 12.6. The molecular formula is C28H31N5O2. The van der Waals surface area contributed by atoms with Gasteiger partial charge in [-0.3, -0.25) is 9.79 Å². The second-order valence-electron chi connectivity index (χ2n) is 7.85. The Labute approximate surface area is 206 Å². The number of benzene rings is 2. The molecule has 2 aromatic rings. The van der Waals surface area contributed by atoms with Gasteiger partial charge in [0.1, 0.15) is 0 Å². The Morgan fingerprint density at radius 2 is 2.00 bits per heavy atom. The minimum Gasteiger partial charge on any atom is -0.391 e. The van der Waals surface area contributed by atoms with Crippen LogP contribution in [0.15, 0.2) is 101 Å². The third-order valence-electron chi connectivity index (χ3n) is 5.54. The summed E-state index contributed by atoms with van der Waals surface area (Å²) in [6.07, 6.45) is 9.34. The Morgan fingerprint density at radius 3 is 2.66 bits per heavy atom. The molecule has 2 aromatic carbocycles. The molecule has 0 bridgehead atoms. The second-order valence-corrected chi connectivity index (χ2v) is 7.85. The molecular weight excluding hydrogens is 438 g/mol. The molecule has 1 fully saturated rings. The molecule has 0 aromatic heterocycles. The highest BCUT2D eigenvalue weighted by molar-refractivity contribution is 6.34. The van der Waals surface area contributed by atoms with Gasteiger partial charge < -0.3 is 21.1 Å². The van der Waals surface area contributed by atoms with Crippen LogP contribution < -0.4 is 16.0 Å². The topological polar surface area (TPSA) is 103 Å². The molecule has 4 N–H and O–H groups in total. The maximum absolute atomic E-state index is 11.7. The van der Waals surface area contributed by atoms with E-state index >= 15 is 0 Å². The highest BCUT2D eigenvalue weighted by Crippen LogP contribution is 2.30. The molecule has 7 nitrogen and oxygen atoms in total. The fourth-order valence-electron chi connectivity index (χ4n) is 3.92. The Kier molecular flexibility index (Phi) is 9.06. The summed E-state index contributed by atoms with van der Waals surface area (Å²) in [5.41, 5.74) is 10.5. The van der Waals surface area contributed by atoms with Crippen LogP contribution in [0.4, 0.5) is 17.1 Å². The van der Waals surface area contributed by atoms with Crippen molar-refractivity contribution in [3.8, 4) is 0 Å². The first-order chi connectivity index (χ1) is 17.1. The smallest absolute Gasteiger partial charge is 0.247 e.